The van der Waals surface area contributed by atoms with Crippen LogP contribution in [0.2, 0.25) is 0 Å². The molecule has 2 aromatic carbocycles. The Balaban J connectivity index is 1.71. The summed E-state index contributed by atoms with van der Waals surface area (Å²) in [7, 11) is 4.08. The minimum absolute atomic E-state index is 0.578. The molecule has 3 aromatic rings. The van der Waals surface area contributed by atoms with Gasteiger partial charge in [0, 0.05) is 38.3 Å². The van der Waals surface area contributed by atoms with Crippen LogP contribution in [0.25, 0.3) is 11.4 Å². The van der Waals surface area contributed by atoms with Gasteiger partial charge in [0.15, 0.2) is 5.82 Å². The Morgan fingerprint density at radius 1 is 1.00 bits per heavy atom. The van der Waals surface area contributed by atoms with Gasteiger partial charge in [0.05, 0.1) is 25.6 Å². The van der Waals surface area contributed by atoms with Crippen molar-refractivity contribution in [3.63, 3.8) is 0 Å². The summed E-state index contributed by atoms with van der Waals surface area (Å²) in [6, 6.07) is 19.7. The van der Waals surface area contributed by atoms with Gasteiger partial charge >= 0.3 is 5.82 Å². The van der Waals surface area contributed by atoms with Gasteiger partial charge in [-0.2, -0.15) is 10.1 Å². The fourth-order valence-corrected chi connectivity index (χ4v) is 3.78. The van der Waals surface area contributed by atoms with Crippen molar-refractivity contribution in [2.45, 2.75) is 0 Å². The third-order valence-electron chi connectivity index (χ3n) is 5.86. The number of hydrogen-bond acceptors (Lipinski definition) is 8. The summed E-state index contributed by atoms with van der Waals surface area (Å²) in [5.74, 6) is 1.90. The van der Waals surface area contributed by atoms with Crippen molar-refractivity contribution in [2.24, 2.45) is 10.2 Å². The molecule has 36 heavy (non-hydrogen) atoms. The molecule has 9 heteroatoms. The van der Waals surface area contributed by atoms with Crippen molar-refractivity contribution in [1.82, 2.24) is 19.8 Å². The van der Waals surface area contributed by atoms with Gasteiger partial charge in [0.2, 0.25) is 5.69 Å². The highest BCUT2D eigenvalue weighted by Gasteiger charge is 2.26. The van der Waals surface area contributed by atoms with Gasteiger partial charge in [-0.05, 0) is 43.3 Å². The minimum Gasteiger partial charge on any atom is -0.379 e. The second-order valence-electron chi connectivity index (χ2n) is 8.92. The van der Waals surface area contributed by atoms with Crippen molar-refractivity contribution >= 4 is 29.7 Å². The van der Waals surface area contributed by atoms with E-state index >= 15 is 0 Å². The number of morpholine rings is 1. The van der Waals surface area contributed by atoms with Crippen molar-refractivity contribution < 1.29 is 9.31 Å². The van der Waals surface area contributed by atoms with Crippen LogP contribution in [0.4, 0.5) is 23.0 Å². The first-order valence-corrected chi connectivity index (χ1v) is 12.3. The second-order valence-corrected chi connectivity index (χ2v) is 8.92. The average Bonchev–Trinajstić information content (AvgIpc) is 2.92. The van der Waals surface area contributed by atoms with Crippen LogP contribution in [0.1, 0.15) is 0 Å². The van der Waals surface area contributed by atoms with Crippen molar-refractivity contribution in [3.05, 3.63) is 60.7 Å². The summed E-state index contributed by atoms with van der Waals surface area (Å²) in [5.41, 5.74) is 2.27. The fourth-order valence-electron chi connectivity index (χ4n) is 3.78. The molecule has 1 aromatic heterocycles. The SMILES string of the molecule is C=[N+](CCN(C)C)c1nc(-c2ccccc2)nc(NCCN2CCOCC2)c1N=Nc1ccccc1. The number of aromatic nitrogens is 2. The van der Waals surface area contributed by atoms with Gasteiger partial charge in [0.1, 0.15) is 6.54 Å². The lowest BCUT2D eigenvalue weighted by atomic mass is 10.2. The number of anilines is 1. The number of likely N-dealkylation sites (N-methyl/N-ethyl adjacent to an activating group) is 1. The van der Waals surface area contributed by atoms with Gasteiger partial charge in [-0.25, -0.2) is 4.58 Å². The van der Waals surface area contributed by atoms with Crippen LogP contribution < -0.4 is 5.32 Å². The smallest absolute Gasteiger partial charge is 0.356 e. The van der Waals surface area contributed by atoms with Crippen LogP contribution in [0.3, 0.4) is 0 Å². The molecule has 1 aliphatic rings. The second kappa shape index (κ2) is 13.0. The van der Waals surface area contributed by atoms with E-state index in [1.165, 1.54) is 0 Å². The highest BCUT2D eigenvalue weighted by molar-refractivity contribution is 5.73. The lowest BCUT2D eigenvalue weighted by Crippen LogP contribution is -2.39. The zero-order valence-corrected chi connectivity index (χ0v) is 21.2. The fraction of sp³-hybridized carbons (Fsp3) is 0.370. The van der Waals surface area contributed by atoms with Crippen LogP contribution in [0.5, 0.6) is 0 Å². The third kappa shape index (κ3) is 7.24. The van der Waals surface area contributed by atoms with Crippen molar-refractivity contribution in [2.75, 3.05) is 71.9 Å². The molecule has 0 spiro atoms. The monoisotopic (exact) mass is 487 g/mol. The first-order chi connectivity index (χ1) is 17.6. The van der Waals surface area contributed by atoms with Gasteiger partial charge in [0.25, 0.3) is 5.82 Å². The molecule has 0 bridgehead atoms. The Bertz CT molecular complexity index is 1150. The van der Waals surface area contributed by atoms with Crippen LogP contribution in [0, 0.1) is 0 Å². The molecule has 0 unspecified atom stereocenters. The summed E-state index contributed by atoms with van der Waals surface area (Å²) < 4.78 is 7.35. The third-order valence-corrected chi connectivity index (χ3v) is 5.86. The maximum Gasteiger partial charge on any atom is 0.356 e. The maximum absolute atomic E-state index is 5.48. The molecule has 0 aliphatic carbocycles. The Morgan fingerprint density at radius 2 is 1.69 bits per heavy atom. The largest absolute Gasteiger partial charge is 0.379 e. The summed E-state index contributed by atoms with van der Waals surface area (Å²) >= 11 is 0. The molecule has 9 nitrogen and oxygen atoms in total. The molecular formula is C27H35N8O+. The van der Waals surface area contributed by atoms with E-state index in [4.69, 9.17) is 14.7 Å². The topological polar surface area (TPSA) is 81.2 Å². The van der Waals surface area contributed by atoms with Crippen LogP contribution in [-0.4, -0.2) is 97.6 Å². The molecule has 1 N–H and O–H groups in total. The lowest BCUT2D eigenvalue weighted by molar-refractivity contribution is -0.434. The van der Waals surface area contributed by atoms with Crippen LogP contribution in [-0.2, 0) is 4.74 Å². The Morgan fingerprint density at radius 3 is 2.39 bits per heavy atom. The number of hydrogen-bond donors (Lipinski definition) is 1. The van der Waals surface area contributed by atoms with Gasteiger partial charge in [-0.15, -0.1) is 5.11 Å². The highest BCUT2D eigenvalue weighted by Crippen LogP contribution is 2.36. The summed E-state index contributed by atoms with van der Waals surface area (Å²) in [6.45, 7) is 10.8. The van der Waals surface area contributed by atoms with Crippen molar-refractivity contribution in [1.29, 1.82) is 0 Å². The number of ether oxygens (including phenoxy) is 1. The molecule has 0 atom stereocenters. The van der Waals surface area contributed by atoms with E-state index in [1.54, 1.807) is 0 Å². The molecule has 188 valence electrons. The number of nitrogens with zero attached hydrogens (tertiary/aromatic N) is 7. The number of rotatable bonds is 11. The molecular weight excluding hydrogens is 452 g/mol. The zero-order valence-electron chi connectivity index (χ0n) is 21.2. The number of azo groups is 1. The van der Waals surface area contributed by atoms with Gasteiger partial charge < -0.3 is 15.0 Å². The predicted octanol–water partition coefficient (Wildman–Crippen LogP) is 4.21. The van der Waals surface area contributed by atoms with E-state index in [0.717, 1.165) is 50.6 Å². The standard InChI is InChI=1S/C27H35N8O/c1-33(2)16-17-34(3)27-24(32-31-23-12-8-5-9-13-23)26(28-14-15-35-18-20-36-21-19-35)29-25(30-27)22-10-6-4-7-11-22/h4-13H,3,14-21H2,1-2H3,(H,28,29,30)/q+1. The van der Waals surface area contributed by atoms with E-state index in [9.17, 15) is 0 Å². The molecule has 4 rings (SSSR count). The molecule has 0 radical (unpaired) electrons. The summed E-state index contributed by atoms with van der Waals surface area (Å²) in [6.07, 6.45) is 0. The molecule has 1 aliphatic heterocycles. The predicted molar refractivity (Wildman–Crippen MR) is 144 cm³/mol. The quantitative estimate of drug-likeness (QED) is 0.248. The summed E-state index contributed by atoms with van der Waals surface area (Å²) in [5, 5.41) is 12.6. The Hall–Kier alpha value is -3.53. The first-order valence-electron chi connectivity index (χ1n) is 12.3. The van der Waals surface area contributed by atoms with Gasteiger partial charge in [-0.1, -0.05) is 36.4 Å². The van der Waals surface area contributed by atoms with E-state index < -0.39 is 0 Å². The molecule has 1 fully saturated rings. The van der Waals surface area contributed by atoms with E-state index in [-0.39, 0.29) is 0 Å². The molecule has 2 heterocycles. The van der Waals surface area contributed by atoms with Gasteiger partial charge in [-0.3, -0.25) is 4.90 Å². The zero-order chi connectivity index (χ0) is 25.2. The first kappa shape index (κ1) is 25.6. The average molecular weight is 488 g/mol. The Labute approximate surface area is 213 Å². The highest BCUT2D eigenvalue weighted by atomic mass is 16.5. The lowest BCUT2D eigenvalue weighted by Gasteiger charge is -2.26. The van der Waals surface area contributed by atoms with Crippen molar-refractivity contribution in [3.8, 4) is 11.4 Å². The van der Waals surface area contributed by atoms with Crippen LogP contribution >= 0.6 is 0 Å². The summed E-state index contributed by atoms with van der Waals surface area (Å²) in [4.78, 5) is 14.3. The minimum atomic E-state index is 0.578. The van der Waals surface area contributed by atoms with E-state index in [0.29, 0.717) is 36.2 Å². The maximum atomic E-state index is 5.48. The number of nitrogens with one attached hydrogen (secondary N) is 1. The van der Waals surface area contributed by atoms with E-state index in [2.05, 4.69) is 32.1 Å². The normalized spacial score (nSPS) is 14.4. The Kier molecular flexibility index (Phi) is 9.21. The molecule has 1 saturated heterocycles. The number of benzene rings is 2. The molecule has 0 amide bonds. The van der Waals surface area contributed by atoms with Crippen LogP contribution in [0.15, 0.2) is 70.9 Å². The van der Waals surface area contributed by atoms with E-state index in [1.807, 2.05) is 79.3 Å². The molecule has 0 saturated carbocycles.